The van der Waals surface area contributed by atoms with Crippen LogP contribution in [0.3, 0.4) is 0 Å². The van der Waals surface area contributed by atoms with Crippen LogP contribution in [0.5, 0.6) is 0 Å². The highest BCUT2D eigenvalue weighted by atomic mass is 79.9. The van der Waals surface area contributed by atoms with Gasteiger partial charge in [0.05, 0.1) is 11.8 Å². The van der Waals surface area contributed by atoms with E-state index in [4.69, 9.17) is 20.6 Å². The summed E-state index contributed by atoms with van der Waals surface area (Å²) in [6.45, 7) is 1.87. The number of oxime groups is 1. The van der Waals surface area contributed by atoms with E-state index in [1.807, 2.05) is 43.3 Å². The summed E-state index contributed by atoms with van der Waals surface area (Å²) in [5, 5.41) is 7.63. The lowest BCUT2D eigenvalue weighted by atomic mass is 9.59. The van der Waals surface area contributed by atoms with Crippen molar-refractivity contribution >= 4 is 55.0 Å². The minimum Gasteiger partial charge on any atom is -0.380 e. The Labute approximate surface area is 229 Å². The Morgan fingerprint density at radius 1 is 1.08 bits per heavy atom. The fraction of sp³-hybridized carbons (Fsp3) is 0.259. The first-order chi connectivity index (χ1) is 17.6. The average molecular weight is 604 g/mol. The molecule has 7 nitrogen and oxygen atoms in total. The Balaban J connectivity index is 1.59. The molecular weight excluding hydrogens is 580 g/mol. The summed E-state index contributed by atoms with van der Waals surface area (Å²) in [7, 11) is -2.57. The van der Waals surface area contributed by atoms with Gasteiger partial charge < -0.3 is 10.1 Å². The summed E-state index contributed by atoms with van der Waals surface area (Å²) in [5.41, 5.74) is 2.64. The van der Waals surface area contributed by atoms with Crippen molar-refractivity contribution in [3.05, 3.63) is 92.9 Å². The predicted octanol–water partition coefficient (Wildman–Crippen LogP) is 5.95. The van der Waals surface area contributed by atoms with Gasteiger partial charge in [-0.15, -0.1) is 0 Å². The predicted molar refractivity (Wildman–Crippen MR) is 146 cm³/mol. The monoisotopic (exact) mass is 602 g/mol. The molecule has 1 spiro atoms. The van der Waals surface area contributed by atoms with E-state index in [-0.39, 0.29) is 23.6 Å². The molecule has 10 heteroatoms. The van der Waals surface area contributed by atoms with E-state index < -0.39 is 27.6 Å². The first-order valence-electron chi connectivity index (χ1n) is 11.6. The van der Waals surface area contributed by atoms with Gasteiger partial charge in [0.15, 0.2) is 0 Å². The number of ether oxygens (including phenoxy) is 1. The molecule has 1 N–H and O–H groups in total. The van der Waals surface area contributed by atoms with E-state index in [0.717, 1.165) is 21.2 Å². The number of hydrogen-bond acceptors (Lipinski definition) is 6. The number of nitrogens with one attached hydrogen (secondary N) is 1. The van der Waals surface area contributed by atoms with Crippen LogP contribution < -0.4 is 5.32 Å². The van der Waals surface area contributed by atoms with E-state index in [0.29, 0.717) is 16.4 Å². The Hall–Kier alpha value is -2.72. The molecular formula is C27H24BrClN2O5S. The van der Waals surface area contributed by atoms with Gasteiger partial charge in [-0.1, -0.05) is 68.6 Å². The van der Waals surface area contributed by atoms with Crippen molar-refractivity contribution in [1.82, 2.24) is 0 Å². The minimum absolute atomic E-state index is 0.0130. The molecule has 1 fully saturated rings. The molecule has 3 aromatic carbocycles. The number of methoxy groups -OCH3 is 1. The molecule has 1 aliphatic carbocycles. The number of aryl methyl sites for hydroxylation is 1. The number of fused-ring (bicyclic) bond motifs is 2. The van der Waals surface area contributed by atoms with Crippen LogP contribution in [-0.2, 0) is 29.3 Å². The first-order valence-corrected chi connectivity index (χ1v) is 14.2. The Bertz CT molecular complexity index is 1510. The minimum atomic E-state index is -4.12. The molecule has 1 amide bonds. The maximum Gasteiger partial charge on any atom is 0.358 e. The quantitative estimate of drug-likeness (QED) is 0.364. The smallest absolute Gasteiger partial charge is 0.358 e. The molecule has 0 radical (unpaired) electrons. The first kappa shape index (κ1) is 25.9. The summed E-state index contributed by atoms with van der Waals surface area (Å²) in [5.74, 6) is -0.638. The lowest BCUT2D eigenvalue weighted by Gasteiger charge is -2.45. The van der Waals surface area contributed by atoms with Gasteiger partial charge in [0.25, 0.3) is 0 Å². The summed E-state index contributed by atoms with van der Waals surface area (Å²) < 4.78 is 37.5. The summed E-state index contributed by atoms with van der Waals surface area (Å²) >= 11 is 9.83. The molecule has 0 unspecified atom stereocenters. The van der Waals surface area contributed by atoms with Gasteiger partial charge in [-0.05, 0) is 60.9 Å². The van der Waals surface area contributed by atoms with Crippen LogP contribution in [0.25, 0.3) is 0 Å². The molecule has 0 aromatic heterocycles. The van der Waals surface area contributed by atoms with Gasteiger partial charge in [-0.25, -0.2) is 0 Å². The topological polar surface area (TPSA) is 94.1 Å². The van der Waals surface area contributed by atoms with Gasteiger partial charge in [0, 0.05) is 34.6 Å². The Morgan fingerprint density at radius 3 is 2.54 bits per heavy atom. The van der Waals surface area contributed by atoms with E-state index in [2.05, 4.69) is 26.4 Å². The summed E-state index contributed by atoms with van der Waals surface area (Å²) in [6, 6.07) is 19.3. The Kier molecular flexibility index (Phi) is 6.91. The Morgan fingerprint density at radius 2 is 1.84 bits per heavy atom. The maximum absolute atomic E-state index is 13.8. The van der Waals surface area contributed by atoms with E-state index in [9.17, 15) is 13.2 Å². The molecule has 2 aliphatic rings. The van der Waals surface area contributed by atoms with Crippen LogP contribution in [0.15, 0.2) is 81.3 Å². The highest BCUT2D eigenvalue weighted by Gasteiger charge is 2.60. The van der Waals surface area contributed by atoms with E-state index >= 15 is 0 Å². The zero-order valence-electron chi connectivity index (χ0n) is 20.1. The normalized spacial score (nSPS) is 24.2. The second-order valence-electron chi connectivity index (χ2n) is 9.25. The lowest BCUT2D eigenvalue weighted by Crippen LogP contribution is -2.55. The molecule has 5 rings (SSSR count). The zero-order chi connectivity index (χ0) is 26.4. The highest BCUT2D eigenvalue weighted by Crippen LogP contribution is 2.55. The average Bonchev–Trinajstić information content (AvgIpc) is 3.14. The van der Waals surface area contributed by atoms with Crippen molar-refractivity contribution in [2.45, 2.75) is 42.1 Å². The number of carbonyl (C=O) groups excluding carboxylic acids is 1. The summed E-state index contributed by atoms with van der Waals surface area (Å²) in [4.78, 5) is 13.8. The number of carbonyl (C=O) groups is 1. The van der Waals surface area contributed by atoms with E-state index in [1.165, 1.54) is 12.1 Å². The standard InChI is InChI=1S/C27H24BrClN2O5S/c1-16-6-9-21(10-7-16)37(33,34)36-31-20-14-23(17-4-3-5-19(29)12-17)27(25(15-20)35-2)22-11-8-18(28)13-24(22)30-26(27)32/h3-13,23,25H,14-15H2,1-2H3,(H,30,32)/b31-20-/t23-,25-,27-/m0/s1. The van der Waals surface area contributed by atoms with Gasteiger partial charge in [0.1, 0.15) is 10.3 Å². The second kappa shape index (κ2) is 9.87. The van der Waals surface area contributed by atoms with Gasteiger partial charge in [-0.2, -0.15) is 8.42 Å². The molecule has 1 aliphatic heterocycles. The van der Waals surface area contributed by atoms with Crippen LogP contribution in [0.4, 0.5) is 5.69 Å². The largest absolute Gasteiger partial charge is 0.380 e. The fourth-order valence-corrected chi connectivity index (χ4v) is 6.69. The zero-order valence-corrected chi connectivity index (χ0v) is 23.2. The van der Waals surface area contributed by atoms with Crippen LogP contribution in [0.2, 0.25) is 5.02 Å². The van der Waals surface area contributed by atoms with Crippen molar-refractivity contribution in [3.8, 4) is 0 Å². The van der Waals surface area contributed by atoms with Crippen LogP contribution in [-0.4, -0.2) is 33.3 Å². The van der Waals surface area contributed by atoms with Gasteiger partial charge in [-0.3, -0.25) is 9.08 Å². The number of benzene rings is 3. The second-order valence-corrected chi connectivity index (χ2v) is 12.1. The summed E-state index contributed by atoms with van der Waals surface area (Å²) in [6.07, 6.45) is -0.163. The van der Waals surface area contributed by atoms with Crippen LogP contribution in [0.1, 0.15) is 35.4 Å². The third-order valence-electron chi connectivity index (χ3n) is 7.08. The molecule has 0 bridgehead atoms. The SMILES string of the molecule is CO[C@H]1C/C(=N\OS(=O)(=O)c2ccc(C)cc2)C[C@@H](c2cccc(Cl)c2)[C@]12C(=O)Nc1cc(Br)ccc12. The van der Waals surface area contributed by atoms with Crippen molar-refractivity contribution in [2.24, 2.45) is 5.16 Å². The molecule has 1 heterocycles. The molecule has 0 saturated heterocycles. The highest BCUT2D eigenvalue weighted by molar-refractivity contribution is 9.10. The molecule has 37 heavy (non-hydrogen) atoms. The van der Waals surface area contributed by atoms with Crippen molar-refractivity contribution < 1.29 is 22.2 Å². The van der Waals surface area contributed by atoms with Crippen molar-refractivity contribution in [3.63, 3.8) is 0 Å². The lowest BCUT2D eigenvalue weighted by molar-refractivity contribution is -0.128. The van der Waals surface area contributed by atoms with Gasteiger partial charge in [0.2, 0.25) is 5.91 Å². The van der Waals surface area contributed by atoms with E-state index in [1.54, 1.807) is 25.3 Å². The number of anilines is 1. The maximum atomic E-state index is 13.8. The number of nitrogens with zero attached hydrogens (tertiary/aromatic N) is 1. The molecule has 192 valence electrons. The molecule has 3 aromatic rings. The molecule has 1 saturated carbocycles. The molecule has 3 atom stereocenters. The van der Waals surface area contributed by atoms with Crippen LogP contribution >= 0.6 is 27.5 Å². The number of hydrogen-bond donors (Lipinski definition) is 1. The number of halogens is 2. The number of amides is 1. The van der Waals surface area contributed by atoms with Gasteiger partial charge >= 0.3 is 10.1 Å². The third kappa shape index (κ3) is 4.58. The van der Waals surface area contributed by atoms with Crippen LogP contribution in [0, 0.1) is 6.92 Å². The number of rotatable bonds is 5. The fourth-order valence-electron chi connectivity index (χ4n) is 5.37. The van der Waals surface area contributed by atoms with Crippen molar-refractivity contribution in [2.75, 3.05) is 12.4 Å². The third-order valence-corrected chi connectivity index (χ3v) is 8.93. The van der Waals surface area contributed by atoms with Crippen molar-refractivity contribution in [1.29, 1.82) is 0 Å².